The van der Waals surface area contributed by atoms with Crippen LogP contribution in [0.2, 0.25) is 0 Å². The first-order valence-electron chi connectivity index (χ1n) is 8.17. The van der Waals surface area contributed by atoms with Gasteiger partial charge in [-0.3, -0.25) is 4.79 Å². The van der Waals surface area contributed by atoms with Crippen molar-refractivity contribution < 1.29 is 13.9 Å². The molecule has 4 heterocycles. The van der Waals surface area contributed by atoms with Gasteiger partial charge < -0.3 is 19.0 Å². The molecule has 4 rings (SSSR count). The second-order valence-corrected chi connectivity index (χ2v) is 6.23. The number of likely N-dealkylation sites (tertiary alicyclic amines) is 1. The number of hydrogen-bond donors (Lipinski definition) is 0. The first kappa shape index (κ1) is 15.0. The molecule has 0 spiro atoms. The van der Waals surface area contributed by atoms with Gasteiger partial charge in [0, 0.05) is 19.2 Å². The van der Waals surface area contributed by atoms with Crippen molar-refractivity contribution in [1.29, 1.82) is 0 Å². The van der Waals surface area contributed by atoms with E-state index in [4.69, 9.17) is 9.15 Å². The third-order valence-corrected chi connectivity index (χ3v) is 4.92. The van der Waals surface area contributed by atoms with Gasteiger partial charge >= 0.3 is 0 Å². The molecule has 7 heteroatoms. The molecule has 1 amide bonds. The number of furan rings is 1. The van der Waals surface area contributed by atoms with Crippen molar-refractivity contribution >= 4 is 11.7 Å². The minimum absolute atomic E-state index is 0.0160. The van der Waals surface area contributed by atoms with Gasteiger partial charge in [0.25, 0.3) is 5.91 Å². The zero-order valence-corrected chi connectivity index (χ0v) is 13.8. The van der Waals surface area contributed by atoms with E-state index >= 15 is 0 Å². The van der Waals surface area contributed by atoms with Crippen LogP contribution in [0.25, 0.3) is 0 Å². The average Bonchev–Trinajstić information content (AvgIpc) is 3.30. The number of hydrogen-bond acceptors (Lipinski definition) is 6. The quantitative estimate of drug-likeness (QED) is 0.857. The van der Waals surface area contributed by atoms with Crippen LogP contribution in [0.5, 0.6) is 5.88 Å². The number of aryl methyl sites for hydroxylation is 1. The fourth-order valence-corrected chi connectivity index (χ4v) is 3.81. The maximum Gasteiger partial charge on any atom is 0.289 e. The number of methoxy groups -OCH3 is 1. The summed E-state index contributed by atoms with van der Waals surface area (Å²) in [6, 6.07) is 5.92. The standard InChI is InChI=1S/C17H20N4O3/c1-11-3-4-14(24-11)17(22)21-8-6-12-13(21)5-7-20(12)15-9-16(23-2)19-10-18-15/h3-4,9-10,12-13H,5-8H2,1-2H3/t12-,13+/m0/s1. The van der Waals surface area contributed by atoms with Gasteiger partial charge in [-0.25, -0.2) is 9.97 Å². The normalized spacial score (nSPS) is 22.8. The van der Waals surface area contributed by atoms with Gasteiger partial charge in [-0.05, 0) is 31.9 Å². The molecule has 2 fully saturated rings. The zero-order valence-electron chi connectivity index (χ0n) is 13.8. The summed E-state index contributed by atoms with van der Waals surface area (Å²) in [7, 11) is 1.60. The Labute approximate surface area is 140 Å². The fraction of sp³-hybridized carbons (Fsp3) is 0.471. The van der Waals surface area contributed by atoms with Crippen LogP contribution in [0.3, 0.4) is 0 Å². The molecule has 24 heavy (non-hydrogen) atoms. The molecule has 2 aliphatic rings. The topological polar surface area (TPSA) is 71.7 Å². The zero-order chi connectivity index (χ0) is 16.7. The van der Waals surface area contributed by atoms with Crippen molar-refractivity contribution in [1.82, 2.24) is 14.9 Å². The van der Waals surface area contributed by atoms with Crippen molar-refractivity contribution in [3.8, 4) is 5.88 Å². The van der Waals surface area contributed by atoms with Crippen LogP contribution in [-0.4, -0.2) is 53.1 Å². The van der Waals surface area contributed by atoms with Crippen LogP contribution < -0.4 is 9.64 Å². The minimum Gasteiger partial charge on any atom is -0.481 e. The van der Waals surface area contributed by atoms with Crippen molar-refractivity contribution in [2.45, 2.75) is 31.8 Å². The maximum absolute atomic E-state index is 12.7. The second-order valence-electron chi connectivity index (χ2n) is 6.23. The molecule has 0 unspecified atom stereocenters. The number of rotatable bonds is 3. The highest BCUT2D eigenvalue weighted by Crippen LogP contribution is 2.35. The van der Waals surface area contributed by atoms with Crippen molar-refractivity contribution in [2.24, 2.45) is 0 Å². The summed E-state index contributed by atoms with van der Waals surface area (Å²) in [5.74, 6) is 2.58. The van der Waals surface area contributed by atoms with E-state index in [1.165, 1.54) is 6.33 Å². The molecule has 0 bridgehead atoms. The molecule has 2 saturated heterocycles. The Balaban J connectivity index is 1.54. The smallest absolute Gasteiger partial charge is 0.289 e. The minimum atomic E-state index is -0.0160. The van der Waals surface area contributed by atoms with Crippen LogP contribution in [0.1, 0.15) is 29.2 Å². The van der Waals surface area contributed by atoms with Crippen LogP contribution in [0, 0.1) is 6.92 Å². The highest BCUT2D eigenvalue weighted by atomic mass is 16.5. The number of ether oxygens (including phenoxy) is 1. The summed E-state index contributed by atoms with van der Waals surface area (Å²) in [5, 5.41) is 0. The molecule has 2 aliphatic heterocycles. The van der Waals surface area contributed by atoms with Crippen molar-refractivity contribution in [3.05, 3.63) is 36.0 Å². The largest absolute Gasteiger partial charge is 0.481 e. The lowest BCUT2D eigenvalue weighted by Crippen LogP contribution is -2.39. The summed E-state index contributed by atoms with van der Waals surface area (Å²) in [6.45, 7) is 3.46. The monoisotopic (exact) mass is 328 g/mol. The van der Waals surface area contributed by atoms with Crippen molar-refractivity contribution in [2.75, 3.05) is 25.1 Å². The number of amides is 1. The molecule has 0 radical (unpaired) electrons. The van der Waals surface area contributed by atoms with Crippen LogP contribution in [-0.2, 0) is 0 Å². The lowest BCUT2D eigenvalue weighted by atomic mass is 10.1. The number of aromatic nitrogens is 2. The van der Waals surface area contributed by atoms with E-state index in [0.29, 0.717) is 11.6 Å². The van der Waals surface area contributed by atoms with Gasteiger partial charge in [-0.15, -0.1) is 0 Å². The Hall–Kier alpha value is -2.57. The predicted molar refractivity (Wildman–Crippen MR) is 87.2 cm³/mol. The first-order valence-corrected chi connectivity index (χ1v) is 8.17. The van der Waals surface area contributed by atoms with E-state index in [-0.39, 0.29) is 18.0 Å². The molecule has 2 atom stereocenters. The highest BCUT2D eigenvalue weighted by molar-refractivity contribution is 5.92. The van der Waals surface area contributed by atoms with E-state index in [9.17, 15) is 4.79 Å². The Morgan fingerprint density at radius 1 is 1.25 bits per heavy atom. The fourth-order valence-electron chi connectivity index (χ4n) is 3.81. The molecular weight excluding hydrogens is 308 g/mol. The summed E-state index contributed by atoms with van der Waals surface area (Å²) < 4.78 is 10.7. The molecule has 2 aromatic heterocycles. The van der Waals surface area contributed by atoms with Gasteiger partial charge in [0.2, 0.25) is 5.88 Å². The molecule has 0 aromatic carbocycles. The van der Waals surface area contributed by atoms with E-state index in [0.717, 1.165) is 37.5 Å². The van der Waals surface area contributed by atoms with Crippen LogP contribution >= 0.6 is 0 Å². The molecule has 0 N–H and O–H groups in total. The van der Waals surface area contributed by atoms with E-state index in [2.05, 4.69) is 14.9 Å². The Morgan fingerprint density at radius 3 is 2.83 bits per heavy atom. The third-order valence-electron chi connectivity index (χ3n) is 4.92. The molecule has 126 valence electrons. The molecule has 0 saturated carbocycles. The van der Waals surface area contributed by atoms with E-state index in [1.807, 2.05) is 24.0 Å². The van der Waals surface area contributed by atoms with Crippen molar-refractivity contribution in [3.63, 3.8) is 0 Å². The molecule has 7 nitrogen and oxygen atoms in total. The maximum atomic E-state index is 12.7. The number of fused-ring (bicyclic) bond motifs is 1. The van der Waals surface area contributed by atoms with E-state index < -0.39 is 0 Å². The van der Waals surface area contributed by atoms with Gasteiger partial charge in [-0.2, -0.15) is 0 Å². The number of carbonyl (C=O) groups excluding carboxylic acids is 1. The number of carbonyl (C=O) groups is 1. The van der Waals surface area contributed by atoms with Crippen LogP contribution in [0.15, 0.2) is 28.9 Å². The van der Waals surface area contributed by atoms with Gasteiger partial charge in [0.05, 0.1) is 19.2 Å². The van der Waals surface area contributed by atoms with Gasteiger partial charge in [-0.1, -0.05) is 0 Å². The summed E-state index contributed by atoms with van der Waals surface area (Å²) in [5.41, 5.74) is 0. The van der Waals surface area contributed by atoms with Gasteiger partial charge in [0.1, 0.15) is 17.9 Å². The van der Waals surface area contributed by atoms with Crippen LogP contribution in [0.4, 0.5) is 5.82 Å². The number of anilines is 1. The summed E-state index contributed by atoms with van der Waals surface area (Å²) >= 11 is 0. The number of nitrogens with zero attached hydrogens (tertiary/aromatic N) is 4. The Morgan fingerprint density at radius 2 is 2.08 bits per heavy atom. The summed E-state index contributed by atoms with van der Waals surface area (Å²) in [6.07, 6.45) is 3.38. The molecular formula is C17H20N4O3. The SMILES string of the molecule is COc1cc(N2CC[C@@H]3[C@@H]2CCN3C(=O)c2ccc(C)o2)ncn1. The lowest BCUT2D eigenvalue weighted by Gasteiger charge is -2.26. The first-order chi connectivity index (χ1) is 11.7. The average molecular weight is 328 g/mol. The predicted octanol–water partition coefficient (Wildman–Crippen LogP) is 1.88. The second kappa shape index (κ2) is 5.81. The summed E-state index contributed by atoms with van der Waals surface area (Å²) in [4.78, 5) is 25.4. The van der Waals surface area contributed by atoms with E-state index in [1.54, 1.807) is 13.2 Å². The van der Waals surface area contributed by atoms with Gasteiger partial charge in [0.15, 0.2) is 5.76 Å². The molecule has 2 aromatic rings. The highest BCUT2D eigenvalue weighted by Gasteiger charge is 2.45. The Kier molecular flexibility index (Phi) is 3.63. The third kappa shape index (κ3) is 2.40. The molecule has 0 aliphatic carbocycles. The Bertz CT molecular complexity index is 760. The lowest BCUT2D eigenvalue weighted by molar-refractivity contribution is 0.0704.